The minimum atomic E-state index is 0.234. The van der Waals surface area contributed by atoms with Crippen molar-refractivity contribution in [1.82, 2.24) is 5.32 Å². The standard InChI is InChI=1S/C17H27NO/c1-3-6-15-9-11-17(12-10-15)19-14(2)13-18-16-7-4-5-8-16/h9-12,14,16,18H,3-8,13H2,1-2H3. The molecule has 0 saturated heterocycles. The lowest BCUT2D eigenvalue weighted by Gasteiger charge is -2.18. The number of hydrogen-bond acceptors (Lipinski definition) is 2. The Bertz CT molecular complexity index is 354. The van der Waals surface area contributed by atoms with Crippen LogP contribution in [0.15, 0.2) is 24.3 Å². The number of nitrogens with one attached hydrogen (secondary N) is 1. The summed E-state index contributed by atoms with van der Waals surface area (Å²) in [6.07, 6.45) is 8.01. The van der Waals surface area contributed by atoms with E-state index in [2.05, 4.69) is 43.4 Å². The van der Waals surface area contributed by atoms with E-state index in [1.807, 2.05) is 0 Å². The van der Waals surface area contributed by atoms with Gasteiger partial charge in [0.1, 0.15) is 11.9 Å². The number of rotatable bonds is 7. The van der Waals surface area contributed by atoms with Crippen LogP contribution in [-0.2, 0) is 6.42 Å². The normalized spacial score (nSPS) is 17.6. The maximum Gasteiger partial charge on any atom is 0.119 e. The smallest absolute Gasteiger partial charge is 0.119 e. The van der Waals surface area contributed by atoms with E-state index in [1.165, 1.54) is 37.7 Å². The van der Waals surface area contributed by atoms with Crippen molar-refractivity contribution in [2.24, 2.45) is 0 Å². The van der Waals surface area contributed by atoms with Gasteiger partial charge in [0, 0.05) is 12.6 Å². The Labute approximate surface area is 117 Å². The van der Waals surface area contributed by atoms with Gasteiger partial charge in [-0.15, -0.1) is 0 Å². The van der Waals surface area contributed by atoms with E-state index in [0.717, 1.165) is 24.8 Å². The van der Waals surface area contributed by atoms with Crippen LogP contribution in [0.25, 0.3) is 0 Å². The fourth-order valence-corrected chi connectivity index (χ4v) is 2.76. The Kier molecular flexibility index (Phi) is 5.71. The molecule has 0 amide bonds. The van der Waals surface area contributed by atoms with Gasteiger partial charge in [0.2, 0.25) is 0 Å². The van der Waals surface area contributed by atoms with Crippen LogP contribution < -0.4 is 10.1 Å². The molecule has 0 spiro atoms. The molecule has 1 fully saturated rings. The molecule has 1 atom stereocenters. The fourth-order valence-electron chi connectivity index (χ4n) is 2.76. The topological polar surface area (TPSA) is 21.3 Å². The monoisotopic (exact) mass is 261 g/mol. The van der Waals surface area contributed by atoms with E-state index in [-0.39, 0.29) is 6.10 Å². The van der Waals surface area contributed by atoms with Crippen LogP contribution in [0, 0.1) is 0 Å². The fraction of sp³-hybridized carbons (Fsp3) is 0.647. The Morgan fingerprint density at radius 1 is 1.21 bits per heavy atom. The molecule has 1 saturated carbocycles. The molecule has 1 aliphatic rings. The molecule has 0 aromatic heterocycles. The summed E-state index contributed by atoms with van der Waals surface area (Å²) >= 11 is 0. The summed E-state index contributed by atoms with van der Waals surface area (Å²) in [7, 11) is 0. The zero-order chi connectivity index (χ0) is 13.5. The van der Waals surface area contributed by atoms with Crippen LogP contribution in [0.2, 0.25) is 0 Å². The zero-order valence-electron chi connectivity index (χ0n) is 12.3. The van der Waals surface area contributed by atoms with Gasteiger partial charge in [-0.2, -0.15) is 0 Å². The van der Waals surface area contributed by atoms with Gasteiger partial charge < -0.3 is 10.1 Å². The quantitative estimate of drug-likeness (QED) is 0.802. The van der Waals surface area contributed by atoms with Crippen LogP contribution in [0.4, 0.5) is 0 Å². The molecule has 0 bridgehead atoms. The third-order valence-electron chi connectivity index (χ3n) is 3.85. The minimum Gasteiger partial charge on any atom is -0.489 e. The highest BCUT2D eigenvalue weighted by atomic mass is 16.5. The molecule has 1 aliphatic carbocycles. The van der Waals surface area contributed by atoms with Crippen LogP contribution in [0.5, 0.6) is 5.75 Å². The summed E-state index contributed by atoms with van der Waals surface area (Å²) < 4.78 is 5.94. The summed E-state index contributed by atoms with van der Waals surface area (Å²) in [6.45, 7) is 5.30. The Hall–Kier alpha value is -1.02. The maximum absolute atomic E-state index is 5.94. The van der Waals surface area contributed by atoms with Crippen molar-refractivity contribution in [3.8, 4) is 5.75 Å². The Balaban J connectivity index is 1.72. The molecule has 1 unspecified atom stereocenters. The van der Waals surface area contributed by atoms with Crippen molar-refractivity contribution in [3.05, 3.63) is 29.8 Å². The van der Waals surface area contributed by atoms with Gasteiger partial charge >= 0.3 is 0 Å². The highest BCUT2D eigenvalue weighted by Crippen LogP contribution is 2.18. The average molecular weight is 261 g/mol. The summed E-state index contributed by atoms with van der Waals surface area (Å²) in [5, 5.41) is 3.61. The van der Waals surface area contributed by atoms with Crippen LogP contribution in [0.3, 0.4) is 0 Å². The first-order valence-corrected chi connectivity index (χ1v) is 7.77. The first kappa shape index (κ1) is 14.4. The summed E-state index contributed by atoms with van der Waals surface area (Å²) in [5.74, 6) is 0.987. The molecule has 0 aliphatic heterocycles. The second kappa shape index (κ2) is 7.54. The van der Waals surface area contributed by atoms with E-state index in [0.29, 0.717) is 0 Å². The lowest BCUT2D eigenvalue weighted by atomic mass is 10.1. The van der Waals surface area contributed by atoms with Gasteiger partial charge in [0.15, 0.2) is 0 Å². The summed E-state index contributed by atoms with van der Waals surface area (Å²) in [6, 6.07) is 9.26. The second-order valence-electron chi connectivity index (χ2n) is 5.71. The van der Waals surface area contributed by atoms with Crippen molar-refractivity contribution in [3.63, 3.8) is 0 Å². The van der Waals surface area contributed by atoms with Gasteiger partial charge in [0.25, 0.3) is 0 Å². The van der Waals surface area contributed by atoms with E-state index < -0.39 is 0 Å². The van der Waals surface area contributed by atoms with Gasteiger partial charge in [-0.1, -0.05) is 38.3 Å². The SMILES string of the molecule is CCCc1ccc(OC(C)CNC2CCCC2)cc1. The highest BCUT2D eigenvalue weighted by Gasteiger charge is 2.15. The maximum atomic E-state index is 5.94. The van der Waals surface area contributed by atoms with Gasteiger partial charge in [-0.25, -0.2) is 0 Å². The van der Waals surface area contributed by atoms with Gasteiger partial charge in [0.05, 0.1) is 0 Å². The minimum absolute atomic E-state index is 0.234. The molecule has 19 heavy (non-hydrogen) atoms. The van der Waals surface area contributed by atoms with Crippen molar-refractivity contribution in [1.29, 1.82) is 0 Å². The molecule has 0 heterocycles. The molecular formula is C17H27NO. The molecule has 106 valence electrons. The van der Waals surface area contributed by atoms with Crippen LogP contribution >= 0.6 is 0 Å². The van der Waals surface area contributed by atoms with Crippen LogP contribution in [-0.4, -0.2) is 18.7 Å². The van der Waals surface area contributed by atoms with Crippen molar-refractivity contribution in [2.75, 3.05) is 6.54 Å². The van der Waals surface area contributed by atoms with E-state index in [4.69, 9.17) is 4.74 Å². The molecule has 1 aromatic carbocycles. The molecule has 1 aromatic rings. The van der Waals surface area contributed by atoms with E-state index in [1.54, 1.807) is 0 Å². The predicted octanol–water partition coefficient (Wildman–Crippen LogP) is 3.94. The van der Waals surface area contributed by atoms with Crippen molar-refractivity contribution in [2.45, 2.75) is 64.5 Å². The van der Waals surface area contributed by atoms with E-state index >= 15 is 0 Å². The Morgan fingerprint density at radius 2 is 1.89 bits per heavy atom. The summed E-state index contributed by atoms with van der Waals surface area (Å²) in [5.41, 5.74) is 1.39. The zero-order valence-corrected chi connectivity index (χ0v) is 12.3. The largest absolute Gasteiger partial charge is 0.489 e. The van der Waals surface area contributed by atoms with Crippen LogP contribution in [0.1, 0.15) is 51.5 Å². The number of ether oxygens (including phenoxy) is 1. The lowest BCUT2D eigenvalue weighted by molar-refractivity contribution is 0.211. The van der Waals surface area contributed by atoms with Gasteiger partial charge in [-0.05, 0) is 43.9 Å². The highest BCUT2D eigenvalue weighted by molar-refractivity contribution is 5.27. The van der Waals surface area contributed by atoms with Gasteiger partial charge in [-0.3, -0.25) is 0 Å². The molecule has 1 N–H and O–H groups in total. The summed E-state index contributed by atoms with van der Waals surface area (Å²) in [4.78, 5) is 0. The second-order valence-corrected chi connectivity index (χ2v) is 5.71. The molecule has 2 heteroatoms. The number of hydrogen-bond donors (Lipinski definition) is 1. The predicted molar refractivity (Wildman–Crippen MR) is 80.8 cm³/mol. The number of benzene rings is 1. The van der Waals surface area contributed by atoms with Crippen molar-refractivity contribution < 1.29 is 4.74 Å². The first-order chi connectivity index (χ1) is 9.28. The number of aryl methyl sites for hydroxylation is 1. The molecular weight excluding hydrogens is 234 g/mol. The third kappa shape index (κ3) is 4.87. The molecule has 2 nitrogen and oxygen atoms in total. The molecule has 2 rings (SSSR count). The third-order valence-corrected chi connectivity index (χ3v) is 3.85. The van der Waals surface area contributed by atoms with E-state index in [9.17, 15) is 0 Å². The average Bonchev–Trinajstić information content (AvgIpc) is 2.92. The van der Waals surface area contributed by atoms with Crippen molar-refractivity contribution >= 4 is 0 Å². The lowest BCUT2D eigenvalue weighted by Crippen LogP contribution is -2.35. The first-order valence-electron chi connectivity index (χ1n) is 7.77. The molecule has 0 radical (unpaired) electrons. The Morgan fingerprint density at radius 3 is 2.53 bits per heavy atom.